The molecule has 0 N–H and O–H groups in total. The number of benzene rings is 1. The van der Waals surface area contributed by atoms with Crippen molar-refractivity contribution in [3.63, 3.8) is 0 Å². The van der Waals surface area contributed by atoms with Crippen molar-refractivity contribution >= 4 is 11.8 Å². The third kappa shape index (κ3) is 1.59. The van der Waals surface area contributed by atoms with Gasteiger partial charge in [0.25, 0.3) is 0 Å². The van der Waals surface area contributed by atoms with E-state index in [4.69, 9.17) is 0 Å². The van der Waals surface area contributed by atoms with Crippen LogP contribution in [0.3, 0.4) is 0 Å². The van der Waals surface area contributed by atoms with Gasteiger partial charge in [-0.25, -0.2) is 0 Å². The highest BCUT2D eigenvalue weighted by Crippen LogP contribution is 2.24. The summed E-state index contributed by atoms with van der Waals surface area (Å²) in [6, 6.07) is 4.39. The molecule has 1 aromatic rings. The monoisotopic (exact) mass is 166 g/mol. The number of thioether (sulfide) groups is 1. The van der Waals surface area contributed by atoms with Gasteiger partial charge in [0.2, 0.25) is 0 Å². The predicted molar refractivity (Wildman–Crippen MR) is 52.4 cm³/mol. The second kappa shape index (κ2) is 3.31. The zero-order chi connectivity index (χ0) is 8.43. The van der Waals surface area contributed by atoms with Gasteiger partial charge in [0.15, 0.2) is 0 Å². The van der Waals surface area contributed by atoms with Crippen molar-refractivity contribution in [3.05, 3.63) is 28.8 Å². The van der Waals surface area contributed by atoms with E-state index >= 15 is 0 Å². The van der Waals surface area contributed by atoms with Crippen LogP contribution in [0.15, 0.2) is 17.0 Å². The summed E-state index contributed by atoms with van der Waals surface area (Å²) in [4.78, 5) is 1.40. The van der Waals surface area contributed by atoms with E-state index in [2.05, 4.69) is 39.2 Å². The molecular formula is C10H14S. The zero-order valence-corrected chi connectivity index (χ0v) is 8.38. The molecule has 0 aliphatic heterocycles. The van der Waals surface area contributed by atoms with Crippen molar-refractivity contribution < 1.29 is 0 Å². The molecule has 0 aliphatic rings. The SMILES string of the molecule is CSc1ccc(C)c(C)c1C. The molecule has 0 nitrogen and oxygen atoms in total. The second-order valence-electron chi connectivity index (χ2n) is 2.83. The molecule has 0 saturated heterocycles. The van der Waals surface area contributed by atoms with Crippen molar-refractivity contribution in [2.45, 2.75) is 25.7 Å². The Hall–Kier alpha value is -0.430. The number of aryl methyl sites for hydroxylation is 1. The van der Waals surface area contributed by atoms with Crippen LogP contribution in [-0.2, 0) is 0 Å². The summed E-state index contributed by atoms with van der Waals surface area (Å²) < 4.78 is 0. The lowest BCUT2D eigenvalue weighted by atomic mass is 10.1. The molecule has 1 rings (SSSR count). The fraction of sp³-hybridized carbons (Fsp3) is 0.400. The highest BCUT2D eigenvalue weighted by atomic mass is 32.2. The standard InChI is InChI=1S/C10H14S/c1-7-5-6-10(11-4)9(3)8(7)2/h5-6H,1-4H3. The first-order valence-electron chi connectivity index (χ1n) is 3.77. The van der Waals surface area contributed by atoms with Gasteiger partial charge in [-0.3, -0.25) is 0 Å². The molecule has 1 aromatic carbocycles. The first kappa shape index (κ1) is 8.66. The lowest BCUT2D eigenvalue weighted by molar-refractivity contribution is 1.19. The van der Waals surface area contributed by atoms with Crippen molar-refractivity contribution in [2.24, 2.45) is 0 Å². The normalized spacial score (nSPS) is 10.2. The molecule has 11 heavy (non-hydrogen) atoms. The van der Waals surface area contributed by atoms with Gasteiger partial charge in [0.1, 0.15) is 0 Å². The molecule has 0 amide bonds. The summed E-state index contributed by atoms with van der Waals surface area (Å²) in [6.45, 7) is 6.53. The minimum Gasteiger partial charge on any atom is -0.129 e. The van der Waals surface area contributed by atoms with Gasteiger partial charge in [0.05, 0.1) is 0 Å². The van der Waals surface area contributed by atoms with Gasteiger partial charge in [-0.2, -0.15) is 0 Å². The van der Waals surface area contributed by atoms with E-state index in [0.717, 1.165) is 0 Å². The summed E-state index contributed by atoms with van der Waals surface area (Å²) in [6.07, 6.45) is 2.12. The Morgan fingerprint density at radius 2 is 1.64 bits per heavy atom. The van der Waals surface area contributed by atoms with Crippen LogP contribution in [0.1, 0.15) is 16.7 Å². The third-order valence-corrected chi connectivity index (χ3v) is 3.11. The Morgan fingerprint density at radius 1 is 1.00 bits per heavy atom. The lowest BCUT2D eigenvalue weighted by Gasteiger charge is -2.08. The minimum atomic E-state index is 1.39. The van der Waals surface area contributed by atoms with E-state index in [0.29, 0.717) is 0 Å². The summed E-state index contributed by atoms with van der Waals surface area (Å²) in [5, 5.41) is 0. The maximum Gasteiger partial charge on any atom is 0.0101 e. The molecule has 0 fully saturated rings. The van der Waals surface area contributed by atoms with Crippen LogP contribution < -0.4 is 0 Å². The van der Waals surface area contributed by atoms with Crippen molar-refractivity contribution in [3.8, 4) is 0 Å². The van der Waals surface area contributed by atoms with Crippen LogP contribution >= 0.6 is 11.8 Å². The molecule has 1 heteroatoms. The zero-order valence-electron chi connectivity index (χ0n) is 7.56. The Balaban J connectivity index is 3.25. The van der Waals surface area contributed by atoms with Crippen LogP contribution in [0, 0.1) is 20.8 Å². The molecule has 0 saturated carbocycles. The largest absolute Gasteiger partial charge is 0.129 e. The first-order chi connectivity index (χ1) is 5.16. The molecular weight excluding hydrogens is 152 g/mol. The van der Waals surface area contributed by atoms with Crippen molar-refractivity contribution in [1.29, 1.82) is 0 Å². The molecule has 0 bridgehead atoms. The van der Waals surface area contributed by atoms with Crippen molar-refractivity contribution in [1.82, 2.24) is 0 Å². The van der Waals surface area contributed by atoms with Gasteiger partial charge in [-0.05, 0) is 49.8 Å². The van der Waals surface area contributed by atoms with Crippen molar-refractivity contribution in [2.75, 3.05) is 6.26 Å². The van der Waals surface area contributed by atoms with E-state index in [-0.39, 0.29) is 0 Å². The average molecular weight is 166 g/mol. The van der Waals surface area contributed by atoms with E-state index < -0.39 is 0 Å². The van der Waals surface area contributed by atoms with E-state index in [1.807, 2.05) is 11.8 Å². The highest BCUT2D eigenvalue weighted by Gasteiger charge is 2.00. The summed E-state index contributed by atoms with van der Waals surface area (Å²) in [7, 11) is 0. The molecule has 0 atom stereocenters. The topological polar surface area (TPSA) is 0 Å². The third-order valence-electron chi connectivity index (χ3n) is 2.23. The van der Waals surface area contributed by atoms with Gasteiger partial charge >= 0.3 is 0 Å². The molecule has 0 spiro atoms. The summed E-state index contributed by atoms with van der Waals surface area (Å²) >= 11 is 1.82. The van der Waals surface area contributed by atoms with Gasteiger partial charge in [-0.15, -0.1) is 11.8 Å². The Bertz CT molecular complexity index is 264. The van der Waals surface area contributed by atoms with E-state index in [9.17, 15) is 0 Å². The molecule has 0 aliphatic carbocycles. The van der Waals surface area contributed by atoms with Gasteiger partial charge in [0, 0.05) is 4.90 Å². The van der Waals surface area contributed by atoms with Crippen LogP contribution in [-0.4, -0.2) is 6.26 Å². The summed E-state index contributed by atoms with van der Waals surface area (Å²) in [5.41, 5.74) is 4.25. The Morgan fingerprint density at radius 3 is 2.18 bits per heavy atom. The number of hydrogen-bond acceptors (Lipinski definition) is 1. The van der Waals surface area contributed by atoms with E-state index in [1.54, 1.807) is 0 Å². The van der Waals surface area contributed by atoms with Crippen LogP contribution in [0.5, 0.6) is 0 Å². The Labute approximate surface area is 73.0 Å². The average Bonchev–Trinajstić information content (AvgIpc) is 2.01. The predicted octanol–water partition coefficient (Wildman–Crippen LogP) is 3.33. The maximum absolute atomic E-state index is 2.20. The minimum absolute atomic E-state index is 1.39. The molecule has 0 unspecified atom stereocenters. The van der Waals surface area contributed by atoms with Crippen LogP contribution in [0.2, 0.25) is 0 Å². The molecule has 0 aromatic heterocycles. The first-order valence-corrected chi connectivity index (χ1v) is 5.00. The highest BCUT2D eigenvalue weighted by molar-refractivity contribution is 7.98. The summed E-state index contributed by atoms with van der Waals surface area (Å²) in [5.74, 6) is 0. The maximum atomic E-state index is 2.20. The van der Waals surface area contributed by atoms with Crippen LogP contribution in [0.25, 0.3) is 0 Å². The lowest BCUT2D eigenvalue weighted by Crippen LogP contribution is -1.87. The molecule has 0 heterocycles. The van der Waals surface area contributed by atoms with E-state index in [1.165, 1.54) is 21.6 Å². The fourth-order valence-electron chi connectivity index (χ4n) is 1.15. The molecule has 0 radical (unpaired) electrons. The fourth-order valence-corrected chi connectivity index (χ4v) is 1.82. The molecule has 60 valence electrons. The van der Waals surface area contributed by atoms with Crippen LogP contribution in [0.4, 0.5) is 0 Å². The number of hydrogen-bond donors (Lipinski definition) is 0. The Kier molecular flexibility index (Phi) is 2.61. The smallest absolute Gasteiger partial charge is 0.0101 e. The van der Waals surface area contributed by atoms with Gasteiger partial charge in [-0.1, -0.05) is 6.07 Å². The quantitative estimate of drug-likeness (QED) is 0.577. The number of rotatable bonds is 1. The second-order valence-corrected chi connectivity index (χ2v) is 3.68. The van der Waals surface area contributed by atoms with Gasteiger partial charge < -0.3 is 0 Å².